The zero-order valence-electron chi connectivity index (χ0n) is 19.9. The van der Waals surface area contributed by atoms with Crippen molar-refractivity contribution < 1.29 is 27.5 Å². The summed E-state index contributed by atoms with van der Waals surface area (Å²) >= 11 is 0. The minimum absolute atomic E-state index is 0.00494. The molecule has 1 aliphatic rings. The summed E-state index contributed by atoms with van der Waals surface area (Å²) in [6.45, 7) is 7.78. The Morgan fingerprint density at radius 2 is 1.74 bits per heavy atom. The van der Waals surface area contributed by atoms with Crippen LogP contribution in [-0.4, -0.2) is 57.4 Å². The molecule has 1 aliphatic heterocycles. The van der Waals surface area contributed by atoms with E-state index in [1.807, 2.05) is 12.1 Å². The van der Waals surface area contributed by atoms with Crippen molar-refractivity contribution >= 4 is 21.9 Å². The third-order valence-corrected chi connectivity index (χ3v) is 7.43. The van der Waals surface area contributed by atoms with E-state index in [-0.39, 0.29) is 35.8 Å². The number of ether oxygens (including phenoxy) is 2. The summed E-state index contributed by atoms with van der Waals surface area (Å²) in [5.74, 6) is -0.737. The average molecular weight is 489 g/mol. The van der Waals surface area contributed by atoms with Crippen molar-refractivity contribution in [3.05, 3.63) is 65.2 Å². The molecule has 1 fully saturated rings. The number of hydrogen-bond acceptors (Lipinski definition) is 6. The maximum Gasteiger partial charge on any atom is 0.307 e. The number of nitrogens with one attached hydrogen (secondary N) is 1. The van der Waals surface area contributed by atoms with E-state index >= 15 is 0 Å². The van der Waals surface area contributed by atoms with Gasteiger partial charge < -0.3 is 14.8 Å². The molecule has 184 valence electrons. The molecule has 0 atom stereocenters. The lowest BCUT2D eigenvalue weighted by Crippen LogP contribution is -2.40. The number of esters is 1. The van der Waals surface area contributed by atoms with Gasteiger partial charge in [0.2, 0.25) is 10.0 Å². The Balaban J connectivity index is 1.46. The van der Waals surface area contributed by atoms with Crippen LogP contribution in [-0.2, 0) is 36.3 Å². The van der Waals surface area contributed by atoms with E-state index in [0.29, 0.717) is 37.4 Å². The van der Waals surface area contributed by atoms with E-state index in [1.165, 1.54) is 16.4 Å². The quantitative estimate of drug-likeness (QED) is 0.574. The molecule has 1 amide bonds. The molecule has 2 aromatic rings. The number of amides is 1. The lowest BCUT2D eigenvalue weighted by atomic mass is 9.87. The highest BCUT2D eigenvalue weighted by Gasteiger charge is 2.26. The number of nitrogens with zero attached hydrogens (tertiary/aromatic N) is 1. The fourth-order valence-electron chi connectivity index (χ4n) is 3.47. The number of morpholine rings is 1. The SMILES string of the molecule is CC(C)(C)c1ccc(C(=O)NCCC(=O)OCc2cccc(S(=O)(=O)N3CCOCC3)c2)cc1. The standard InChI is InChI=1S/C25H32N2O6S/c1-25(2,3)21-9-7-20(8-10-21)24(29)26-12-11-23(28)33-18-19-5-4-6-22(17-19)34(30,31)27-13-15-32-16-14-27/h4-10,17H,11-16,18H2,1-3H3,(H,26,29). The molecule has 0 aromatic heterocycles. The summed E-state index contributed by atoms with van der Waals surface area (Å²) in [6.07, 6.45) is 0.0115. The van der Waals surface area contributed by atoms with Crippen LogP contribution in [0.3, 0.4) is 0 Å². The van der Waals surface area contributed by atoms with Crippen molar-refractivity contribution in [2.45, 2.75) is 44.1 Å². The first kappa shape index (κ1) is 25.9. The van der Waals surface area contributed by atoms with Gasteiger partial charge in [0.1, 0.15) is 6.61 Å². The van der Waals surface area contributed by atoms with Crippen LogP contribution in [0.2, 0.25) is 0 Å². The molecule has 0 unspecified atom stereocenters. The second-order valence-corrected chi connectivity index (χ2v) is 11.1. The van der Waals surface area contributed by atoms with Gasteiger partial charge in [0.15, 0.2) is 0 Å². The Kier molecular flexibility index (Phi) is 8.46. The van der Waals surface area contributed by atoms with Gasteiger partial charge in [-0.05, 0) is 40.8 Å². The van der Waals surface area contributed by atoms with Gasteiger partial charge in [0.05, 0.1) is 24.5 Å². The van der Waals surface area contributed by atoms with Crippen LogP contribution in [0.15, 0.2) is 53.4 Å². The molecular formula is C25H32N2O6S. The predicted octanol–water partition coefficient (Wildman–Crippen LogP) is 2.87. The van der Waals surface area contributed by atoms with Gasteiger partial charge in [0, 0.05) is 25.2 Å². The number of hydrogen-bond donors (Lipinski definition) is 1. The number of carbonyl (C=O) groups is 2. The Hall–Kier alpha value is -2.75. The van der Waals surface area contributed by atoms with E-state index < -0.39 is 16.0 Å². The van der Waals surface area contributed by atoms with Gasteiger partial charge in [0.25, 0.3) is 5.91 Å². The molecule has 0 radical (unpaired) electrons. The van der Waals surface area contributed by atoms with E-state index in [1.54, 1.807) is 24.3 Å². The first-order valence-electron chi connectivity index (χ1n) is 11.3. The maximum atomic E-state index is 12.8. The van der Waals surface area contributed by atoms with Crippen LogP contribution in [0, 0.1) is 0 Å². The van der Waals surface area contributed by atoms with E-state index in [0.717, 1.165) is 5.56 Å². The van der Waals surface area contributed by atoms with Crippen molar-refractivity contribution in [2.75, 3.05) is 32.8 Å². The molecule has 0 spiro atoms. The zero-order chi connectivity index (χ0) is 24.8. The van der Waals surface area contributed by atoms with Crippen LogP contribution in [0.4, 0.5) is 0 Å². The van der Waals surface area contributed by atoms with Crippen LogP contribution in [0.1, 0.15) is 48.7 Å². The topological polar surface area (TPSA) is 102 Å². The van der Waals surface area contributed by atoms with Crippen LogP contribution in [0.5, 0.6) is 0 Å². The molecule has 0 saturated carbocycles. The first-order valence-corrected chi connectivity index (χ1v) is 12.7. The molecule has 3 rings (SSSR count). The Labute approximate surface area is 201 Å². The van der Waals surface area contributed by atoms with Crippen LogP contribution >= 0.6 is 0 Å². The molecule has 34 heavy (non-hydrogen) atoms. The van der Waals surface area contributed by atoms with Crippen LogP contribution in [0.25, 0.3) is 0 Å². The number of carbonyl (C=O) groups excluding carboxylic acids is 2. The summed E-state index contributed by atoms with van der Waals surface area (Å²) in [5.41, 5.74) is 2.24. The maximum absolute atomic E-state index is 12.8. The summed E-state index contributed by atoms with van der Waals surface area (Å²) in [7, 11) is -3.62. The fourth-order valence-corrected chi connectivity index (χ4v) is 4.95. The number of benzene rings is 2. The van der Waals surface area contributed by atoms with Crippen LogP contribution < -0.4 is 5.32 Å². The van der Waals surface area contributed by atoms with Gasteiger partial charge in [-0.2, -0.15) is 4.31 Å². The molecule has 1 heterocycles. The lowest BCUT2D eigenvalue weighted by molar-refractivity contribution is -0.144. The summed E-state index contributed by atoms with van der Waals surface area (Å²) in [6, 6.07) is 13.8. The van der Waals surface area contributed by atoms with E-state index in [2.05, 4.69) is 26.1 Å². The van der Waals surface area contributed by atoms with Crippen molar-refractivity contribution in [3.63, 3.8) is 0 Å². The highest BCUT2D eigenvalue weighted by molar-refractivity contribution is 7.89. The number of rotatable bonds is 8. The molecule has 1 saturated heterocycles. The molecule has 8 nitrogen and oxygen atoms in total. The highest BCUT2D eigenvalue weighted by atomic mass is 32.2. The largest absolute Gasteiger partial charge is 0.461 e. The molecule has 0 bridgehead atoms. The third kappa shape index (κ3) is 6.88. The molecular weight excluding hydrogens is 456 g/mol. The minimum atomic E-state index is -3.62. The minimum Gasteiger partial charge on any atom is -0.461 e. The van der Waals surface area contributed by atoms with Gasteiger partial charge >= 0.3 is 5.97 Å². The second kappa shape index (κ2) is 11.1. The average Bonchev–Trinajstić information content (AvgIpc) is 2.83. The third-order valence-electron chi connectivity index (χ3n) is 5.53. The predicted molar refractivity (Wildman–Crippen MR) is 128 cm³/mol. The van der Waals surface area contributed by atoms with Crippen molar-refractivity contribution in [1.29, 1.82) is 0 Å². The fraction of sp³-hybridized carbons (Fsp3) is 0.440. The first-order chi connectivity index (χ1) is 16.1. The van der Waals surface area contributed by atoms with E-state index in [4.69, 9.17) is 9.47 Å². The summed E-state index contributed by atoms with van der Waals surface area (Å²) < 4.78 is 37.5. The second-order valence-electron chi connectivity index (χ2n) is 9.16. The zero-order valence-corrected chi connectivity index (χ0v) is 20.7. The van der Waals surface area contributed by atoms with Crippen molar-refractivity contribution in [1.82, 2.24) is 9.62 Å². The van der Waals surface area contributed by atoms with Gasteiger partial charge in [-0.25, -0.2) is 8.42 Å². The van der Waals surface area contributed by atoms with Gasteiger partial charge in [-0.3, -0.25) is 9.59 Å². The molecule has 2 aromatic carbocycles. The summed E-state index contributed by atoms with van der Waals surface area (Å²) in [4.78, 5) is 24.6. The van der Waals surface area contributed by atoms with Gasteiger partial charge in [-0.1, -0.05) is 45.0 Å². The molecule has 0 aliphatic carbocycles. The van der Waals surface area contributed by atoms with Gasteiger partial charge in [-0.15, -0.1) is 0 Å². The van der Waals surface area contributed by atoms with Crippen molar-refractivity contribution in [3.8, 4) is 0 Å². The molecule has 1 N–H and O–H groups in total. The Bertz CT molecular complexity index is 1100. The molecule has 9 heteroatoms. The van der Waals surface area contributed by atoms with Crippen molar-refractivity contribution in [2.24, 2.45) is 0 Å². The number of sulfonamides is 1. The smallest absolute Gasteiger partial charge is 0.307 e. The Morgan fingerprint density at radius 3 is 2.38 bits per heavy atom. The summed E-state index contributed by atoms with van der Waals surface area (Å²) in [5, 5.41) is 2.72. The lowest BCUT2D eigenvalue weighted by Gasteiger charge is -2.26. The normalized spacial score (nSPS) is 15.0. The Morgan fingerprint density at radius 1 is 1.06 bits per heavy atom. The van der Waals surface area contributed by atoms with E-state index in [9.17, 15) is 18.0 Å². The highest BCUT2D eigenvalue weighted by Crippen LogP contribution is 2.22. The monoisotopic (exact) mass is 488 g/mol.